The van der Waals surface area contributed by atoms with Crippen LogP contribution in [0.3, 0.4) is 0 Å². The van der Waals surface area contributed by atoms with Crippen LogP contribution in [0, 0.1) is 50.4 Å². The van der Waals surface area contributed by atoms with Crippen LogP contribution in [0.25, 0.3) is 99.4 Å². The summed E-state index contributed by atoms with van der Waals surface area (Å²) in [6, 6.07) is 52.7. The first kappa shape index (κ1) is 33.6. The quantitative estimate of drug-likeness (QED) is 0.118. The summed E-state index contributed by atoms with van der Waals surface area (Å²) < 4.78 is 141. The molecule has 0 aliphatic heterocycles. The number of fused-ring (bicyclic) bond motifs is 7. The average molecular weight is 1130 g/mol. The van der Waals surface area contributed by atoms with Crippen molar-refractivity contribution in [2.75, 3.05) is 0 Å². The summed E-state index contributed by atoms with van der Waals surface area (Å²) in [5, 5.41) is 5.74. The van der Waals surface area contributed by atoms with Gasteiger partial charge in [-0.25, -0.2) is 0 Å². The Balaban J connectivity index is 0.000000258. The largest absolute Gasteiger partial charge is 0.500 e. The SMILES string of the molecule is [2H]C([2H])([2H])c1c[c-]c(-c2ccc(C([2H])([2H])C(C)(C)C)cn2)cc1-c1ccccc1.[2H]C([2H])([2H])c1cc(C([2H])([2H])C(C)(C)C)ccc1-c1ccc(-c2cc(-c3[c-]ccc4c3oc3c4ccc4ccc5ccccc5c43)ncc2C([2H])([2H])[2H])c(C([2H])([2H])[2H])c1.[Ir]. The molecule has 4 heteroatoms. The number of furan rings is 1. The monoisotopic (exact) mass is 1130 g/mol. The number of pyridine rings is 2. The maximum Gasteiger partial charge on any atom is 0.129 e. The zero-order chi connectivity index (χ0) is 63.2. The van der Waals surface area contributed by atoms with Crippen molar-refractivity contribution in [2.45, 2.75) is 81.7 Å². The van der Waals surface area contributed by atoms with E-state index < -0.39 is 51.0 Å². The van der Waals surface area contributed by atoms with E-state index in [-0.39, 0.29) is 70.2 Å². The minimum atomic E-state index is -2.76. The van der Waals surface area contributed by atoms with E-state index in [2.05, 4.69) is 46.4 Å². The van der Waals surface area contributed by atoms with Gasteiger partial charge >= 0.3 is 0 Å². The van der Waals surface area contributed by atoms with Gasteiger partial charge in [-0.3, -0.25) is 0 Å². The van der Waals surface area contributed by atoms with Crippen molar-refractivity contribution in [1.82, 2.24) is 9.97 Å². The molecule has 72 heavy (non-hydrogen) atoms. The number of nitrogens with zero attached hydrogens (tertiary/aromatic N) is 2. The Hall–Kier alpha value is -6.97. The number of benzene rings is 8. The van der Waals surface area contributed by atoms with Gasteiger partial charge in [0.2, 0.25) is 0 Å². The van der Waals surface area contributed by atoms with Crippen LogP contribution in [0.2, 0.25) is 0 Å². The van der Waals surface area contributed by atoms with Gasteiger partial charge in [0.05, 0.1) is 5.58 Å². The smallest absolute Gasteiger partial charge is 0.129 e. The van der Waals surface area contributed by atoms with E-state index >= 15 is 0 Å². The summed E-state index contributed by atoms with van der Waals surface area (Å²) in [7, 11) is 0. The van der Waals surface area contributed by atoms with Crippen LogP contribution in [0.1, 0.15) is 96.9 Å². The Morgan fingerprint density at radius 3 is 1.94 bits per heavy atom. The Kier molecular flexibility index (Phi) is 9.47. The molecule has 11 rings (SSSR count). The third kappa shape index (κ3) is 10.5. The van der Waals surface area contributed by atoms with Crippen LogP contribution in [-0.2, 0) is 32.9 Å². The van der Waals surface area contributed by atoms with Gasteiger partial charge in [-0.15, -0.1) is 47.5 Å². The van der Waals surface area contributed by atoms with Crippen molar-refractivity contribution in [1.29, 1.82) is 0 Å². The molecule has 0 saturated heterocycles. The predicted molar refractivity (Wildman–Crippen MR) is 301 cm³/mol. The van der Waals surface area contributed by atoms with Gasteiger partial charge in [0, 0.05) is 65.2 Å². The molecule has 8 aromatic carbocycles. The van der Waals surface area contributed by atoms with Gasteiger partial charge in [0.15, 0.2) is 0 Å². The normalized spacial score (nSPS) is 16.1. The summed E-state index contributed by atoms with van der Waals surface area (Å²) >= 11 is 0. The fourth-order valence-corrected chi connectivity index (χ4v) is 9.10. The molecule has 3 aromatic heterocycles. The van der Waals surface area contributed by atoms with Crippen molar-refractivity contribution in [3.8, 4) is 55.9 Å². The van der Waals surface area contributed by atoms with E-state index in [9.17, 15) is 0 Å². The molecule has 0 spiro atoms. The number of hydrogen-bond donors (Lipinski definition) is 0. The molecule has 361 valence electrons. The Labute approximate surface area is 462 Å². The van der Waals surface area contributed by atoms with E-state index in [1.54, 1.807) is 63.4 Å². The summed E-state index contributed by atoms with van der Waals surface area (Å²) in [5.74, 6) is 0. The fraction of sp³-hybridized carbons (Fsp3) is 0.206. The van der Waals surface area contributed by atoms with Crippen molar-refractivity contribution < 1.29 is 46.5 Å². The number of aryl methyl sites for hydroxylation is 4. The molecule has 0 aliphatic carbocycles. The molecule has 11 aromatic rings. The number of hydrogen-bond acceptors (Lipinski definition) is 3. The average Bonchev–Trinajstić information content (AvgIpc) is 1.49. The summed E-state index contributed by atoms with van der Waals surface area (Å²) in [4.78, 5) is 9.03. The van der Waals surface area contributed by atoms with Crippen molar-refractivity contribution in [2.24, 2.45) is 10.8 Å². The molecule has 1 radical (unpaired) electrons. The van der Waals surface area contributed by atoms with Crippen molar-refractivity contribution >= 4 is 43.5 Å². The van der Waals surface area contributed by atoms with Crippen LogP contribution in [0.15, 0.2) is 175 Å². The van der Waals surface area contributed by atoms with E-state index in [0.717, 1.165) is 37.9 Å². The molecule has 0 aliphatic rings. The van der Waals surface area contributed by atoms with Gasteiger partial charge in [-0.2, -0.15) is 0 Å². The third-order valence-corrected chi connectivity index (χ3v) is 12.2. The van der Waals surface area contributed by atoms with Gasteiger partial charge in [-0.1, -0.05) is 198 Å². The second-order valence-corrected chi connectivity index (χ2v) is 19.9. The Bertz CT molecular complexity index is 4420. The Morgan fingerprint density at radius 1 is 0.500 bits per heavy atom. The standard InChI is InChI=1S/C45H38NO.C23H24N.Ir/c1-27-22-30(25-45(4,5)6)14-19-34(27)33-18-20-35(28(2)23-33)40-24-41(46-26-29(40)3)39-13-9-12-37-38-21-17-32-16-15-31-10-7-8-11-36(31)42(32)44(38)47-43(37)39;1-17-10-12-20(14-21(17)19-8-6-5-7-9-19)22-13-11-18(16-24-22)15-23(2,3)4;/h7-12,14-24,26H,25H2,1-6H3;5-11,13-14,16H,15H2,1-4H3;/q2*-1;/i1D3,2D3,3D3,25D2;1D3,15D2;. The van der Waals surface area contributed by atoms with Crippen LogP contribution >= 0.6 is 0 Å². The van der Waals surface area contributed by atoms with Gasteiger partial charge in [-0.05, 0) is 127 Å². The number of aromatic nitrogens is 2. The van der Waals surface area contributed by atoms with Crippen LogP contribution in [0.4, 0.5) is 0 Å². The second-order valence-electron chi connectivity index (χ2n) is 19.9. The molecule has 3 nitrogen and oxygen atoms in total. The molecular formula is C68H62IrN2O-2. The van der Waals surface area contributed by atoms with E-state index in [0.29, 0.717) is 44.8 Å². The van der Waals surface area contributed by atoms with E-state index in [4.69, 9.17) is 26.3 Å². The molecular weight excluding hydrogens is 1050 g/mol. The van der Waals surface area contributed by atoms with Crippen LogP contribution in [0.5, 0.6) is 0 Å². The first-order valence-electron chi connectivity index (χ1n) is 31.5. The molecule has 0 bridgehead atoms. The third-order valence-electron chi connectivity index (χ3n) is 12.2. The maximum absolute atomic E-state index is 8.77. The van der Waals surface area contributed by atoms with Gasteiger partial charge < -0.3 is 14.4 Å². The minimum Gasteiger partial charge on any atom is -0.500 e. The van der Waals surface area contributed by atoms with Crippen molar-refractivity contribution in [3.63, 3.8) is 0 Å². The Morgan fingerprint density at radius 2 is 1.18 bits per heavy atom. The number of rotatable bonds is 7. The molecule has 0 saturated carbocycles. The minimum absolute atomic E-state index is 0. The zero-order valence-electron chi connectivity index (χ0n) is 56.8. The van der Waals surface area contributed by atoms with Gasteiger partial charge in [0.25, 0.3) is 0 Å². The summed E-state index contributed by atoms with van der Waals surface area (Å²) in [6.07, 6.45) is -0.616. The van der Waals surface area contributed by atoms with E-state index in [1.165, 1.54) is 42.6 Å². The van der Waals surface area contributed by atoms with Crippen molar-refractivity contribution in [3.05, 3.63) is 216 Å². The summed E-state index contributed by atoms with van der Waals surface area (Å²) in [5.41, 5.74) is 4.42. The fourth-order valence-electron chi connectivity index (χ4n) is 9.10. The molecule has 0 N–H and O–H groups in total. The summed E-state index contributed by atoms with van der Waals surface area (Å²) in [6.45, 7) is 0.392. The first-order valence-corrected chi connectivity index (χ1v) is 23.5. The van der Waals surface area contributed by atoms with Crippen LogP contribution < -0.4 is 0 Å². The maximum atomic E-state index is 8.77. The van der Waals surface area contributed by atoms with Gasteiger partial charge in [0.1, 0.15) is 5.58 Å². The molecule has 3 heterocycles. The molecule has 0 atom stereocenters. The first-order chi connectivity index (χ1) is 40.5. The molecule has 0 amide bonds. The zero-order valence-corrected chi connectivity index (χ0v) is 43.2. The van der Waals surface area contributed by atoms with E-state index in [1.807, 2.05) is 81.4 Å². The topological polar surface area (TPSA) is 38.9 Å². The van der Waals surface area contributed by atoms with Crippen LogP contribution in [-0.4, -0.2) is 9.97 Å². The molecule has 0 fully saturated rings. The molecule has 0 unspecified atom stereocenters. The second kappa shape index (κ2) is 20.3. The predicted octanol–water partition coefficient (Wildman–Crippen LogP) is 18.7.